The van der Waals surface area contributed by atoms with Gasteiger partial charge >= 0.3 is 5.97 Å². The van der Waals surface area contributed by atoms with Crippen LogP contribution in [0.4, 0.5) is 0 Å². The maximum Gasteiger partial charge on any atom is 0.328 e. The van der Waals surface area contributed by atoms with Crippen LogP contribution in [0, 0.1) is 0 Å². The molecule has 0 aliphatic carbocycles. The van der Waals surface area contributed by atoms with Gasteiger partial charge in [0.25, 0.3) is 5.91 Å². The lowest BCUT2D eigenvalue weighted by molar-refractivity contribution is -0.142. The Balaban J connectivity index is 2.89. The molecule has 0 aliphatic rings. The van der Waals surface area contributed by atoms with Crippen LogP contribution in [-0.4, -0.2) is 25.0 Å². The molecule has 0 spiro atoms. The summed E-state index contributed by atoms with van der Waals surface area (Å²) in [4.78, 5) is 24.0. The van der Waals surface area contributed by atoms with Crippen LogP contribution in [0.2, 0.25) is 0 Å². The van der Waals surface area contributed by atoms with E-state index in [0.29, 0.717) is 12.0 Å². The molecule has 1 N–H and O–H groups in total. The van der Waals surface area contributed by atoms with Gasteiger partial charge in [0.05, 0.1) is 7.11 Å². The monoisotopic (exact) mass is 417 g/mol. The van der Waals surface area contributed by atoms with E-state index in [-0.39, 0.29) is 5.91 Å². The topological polar surface area (TPSA) is 55.4 Å². The Morgan fingerprint density at radius 3 is 2.29 bits per heavy atom. The first-order valence-electron chi connectivity index (χ1n) is 6.31. The number of nitrogens with one attached hydrogen (secondary N) is 1. The molecule has 0 fully saturated rings. The summed E-state index contributed by atoms with van der Waals surface area (Å²) in [6.07, 6.45) is 2.29. The largest absolute Gasteiger partial charge is 0.467 e. The fourth-order valence-electron chi connectivity index (χ4n) is 1.64. The van der Waals surface area contributed by atoms with Gasteiger partial charge in [-0.25, -0.2) is 4.79 Å². The van der Waals surface area contributed by atoms with Crippen molar-refractivity contribution in [2.24, 2.45) is 0 Å². The van der Waals surface area contributed by atoms with Crippen molar-refractivity contribution >= 4 is 43.7 Å². The third-order valence-electron chi connectivity index (χ3n) is 2.68. The van der Waals surface area contributed by atoms with Crippen LogP contribution in [0.1, 0.15) is 30.6 Å². The number of hydrogen-bond donors (Lipinski definition) is 1. The molecule has 6 heteroatoms. The second-order valence-electron chi connectivity index (χ2n) is 4.72. The Labute approximate surface area is 141 Å². The number of methoxy groups -OCH3 is 1. The first kappa shape index (κ1) is 17.9. The highest BCUT2D eigenvalue weighted by molar-refractivity contribution is 9.11. The molecule has 0 saturated heterocycles. The van der Waals surface area contributed by atoms with Gasteiger partial charge in [-0.3, -0.25) is 4.79 Å². The SMILES string of the molecule is COC(=O)[C@H](CC=C(C)C)NC(=O)c1cc(Br)cc(Br)c1. The Morgan fingerprint density at radius 2 is 1.81 bits per heavy atom. The number of hydrogen-bond acceptors (Lipinski definition) is 3. The number of carbonyl (C=O) groups is 2. The molecule has 0 bridgehead atoms. The molecule has 0 aliphatic heterocycles. The molecule has 21 heavy (non-hydrogen) atoms. The molecule has 1 atom stereocenters. The lowest BCUT2D eigenvalue weighted by atomic mass is 10.1. The van der Waals surface area contributed by atoms with Crippen LogP contribution >= 0.6 is 31.9 Å². The van der Waals surface area contributed by atoms with Crippen molar-refractivity contribution in [3.63, 3.8) is 0 Å². The molecule has 1 amide bonds. The summed E-state index contributed by atoms with van der Waals surface area (Å²) >= 11 is 6.66. The van der Waals surface area contributed by atoms with E-state index >= 15 is 0 Å². The van der Waals surface area contributed by atoms with Crippen LogP contribution in [0.25, 0.3) is 0 Å². The smallest absolute Gasteiger partial charge is 0.328 e. The minimum absolute atomic E-state index is 0.324. The molecule has 0 radical (unpaired) electrons. The van der Waals surface area contributed by atoms with Gasteiger partial charge < -0.3 is 10.1 Å². The average molecular weight is 419 g/mol. The summed E-state index contributed by atoms with van der Waals surface area (Å²) in [5.41, 5.74) is 1.53. The third-order valence-corrected chi connectivity index (χ3v) is 3.59. The second-order valence-corrected chi connectivity index (χ2v) is 6.56. The van der Waals surface area contributed by atoms with Gasteiger partial charge in [-0.05, 0) is 38.5 Å². The third kappa shape index (κ3) is 6.01. The number of esters is 1. The van der Waals surface area contributed by atoms with Crippen LogP contribution in [0.15, 0.2) is 38.8 Å². The number of halogens is 2. The summed E-state index contributed by atoms with van der Waals surface area (Å²) < 4.78 is 6.28. The molecule has 4 nitrogen and oxygen atoms in total. The van der Waals surface area contributed by atoms with Crippen molar-refractivity contribution in [2.45, 2.75) is 26.3 Å². The summed E-state index contributed by atoms with van der Waals surface area (Å²) in [5.74, 6) is -0.788. The Morgan fingerprint density at radius 1 is 1.24 bits per heavy atom. The molecule has 0 saturated carbocycles. The number of ether oxygens (including phenoxy) is 1. The fraction of sp³-hybridized carbons (Fsp3) is 0.333. The molecular formula is C15H17Br2NO3. The number of amides is 1. The van der Waals surface area contributed by atoms with Crippen molar-refractivity contribution in [3.8, 4) is 0 Å². The Bertz CT molecular complexity index is 546. The minimum Gasteiger partial charge on any atom is -0.467 e. The zero-order valence-corrected chi connectivity index (χ0v) is 15.2. The van der Waals surface area contributed by atoms with E-state index in [9.17, 15) is 9.59 Å². The molecule has 0 aromatic heterocycles. The predicted octanol–water partition coefficient (Wildman–Crippen LogP) is 3.84. The van der Waals surface area contributed by atoms with Gasteiger partial charge in [-0.15, -0.1) is 0 Å². The normalized spacial score (nSPS) is 11.5. The van der Waals surface area contributed by atoms with E-state index in [0.717, 1.165) is 14.5 Å². The van der Waals surface area contributed by atoms with Crippen LogP contribution < -0.4 is 5.32 Å². The fourth-order valence-corrected chi connectivity index (χ4v) is 2.93. The molecule has 114 valence electrons. The van der Waals surface area contributed by atoms with Gasteiger partial charge in [0.1, 0.15) is 6.04 Å². The highest BCUT2D eigenvalue weighted by atomic mass is 79.9. The van der Waals surface area contributed by atoms with E-state index in [4.69, 9.17) is 4.74 Å². The highest BCUT2D eigenvalue weighted by Crippen LogP contribution is 2.20. The Kier molecular flexibility index (Phi) is 7.11. The van der Waals surface area contributed by atoms with E-state index in [1.807, 2.05) is 26.0 Å². The number of rotatable bonds is 5. The average Bonchev–Trinajstić information content (AvgIpc) is 2.40. The molecular weight excluding hydrogens is 402 g/mol. The highest BCUT2D eigenvalue weighted by Gasteiger charge is 2.21. The first-order valence-corrected chi connectivity index (χ1v) is 7.90. The number of allylic oxidation sites excluding steroid dienone is 1. The van der Waals surface area contributed by atoms with Crippen LogP contribution in [0.5, 0.6) is 0 Å². The van der Waals surface area contributed by atoms with Gasteiger partial charge in [-0.1, -0.05) is 43.5 Å². The standard InChI is InChI=1S/C15H17Br2NO3/c1-9(2)4-5-13(15(20)21-3)18-14(19)10-6-11(16)8-12(17)7-10/h4,6-8,13H,5H2,1-3H3,(H,18,19)/t13-/m0/s1. The maximum atomic E-state index is 12.2. The lowest BCUT2D eigenvalue weighted by Gasteiger charge is -2.15. The van der Waals surface area contributed by atoms with Gasteiger partial charge in [0.2, 0.25) is 0 Å². The summed E-state index contributed by atoms with van der Waals surface area (Å²) in [7, 11) is 1.31. The zero-order chi connectivity index (χ0) is 16.0. The lowest BCUT2D eigenvalue weighted by Crippen LogP contribution is -2.41. The summed E-state index contributed by atoms with van der Waals surface area (Å²) in [6, 6.07) is 4.51. The van der Waals surface area contributed by atoms with Gasteiger partial charge in [0.15, 0.2) is 0 Å². The number of benzene rings is 1. The quantitative estimate of drug-likeness (QED) is 0.583. The van der Waals surface area contributed by atoms with Gasteiger partial charge in [-0.2, -0.15) is 0 Å². The predicted molar refractivity (Wildman–Crippen MR) is 89.2 cm³/mol. The summed E-state index contributed by atoms with van der Waals surface area (Å²) in [6.45, 7) is 3.86. The van der Waals surface area contributed by atoms with Crippen molar-refractivity contribution < 1.29 is 14.3 Å². The second kappa shape index (κ2) is 8.34. The minimum atomic E-state index is -0.699. The molecule has 0 unspecified atom stereocenters. The zero-order valence-electron chi connectivity index (χ0n) is 12.1. The van der Waals surface area contributed by atoms with Crippen molar-refractivity contribution in [3.05, 3.63) is 44.4 Å². The van der Waals surface area contributed by atoms with Crippen molar-refractivity contribution in [1.29, 1.82) is 0 Å². The molecule has 0 heterocycles. The van der Waals surface area contributed by atoms with Crippen LogP contribution in [0.3, 0.4) is 0 Å². The van der Waals surface area contributed by atoms with E-state index in [1.165, 1.54) is 7.11 Å². The molecule has 1 aromatic carbocycles. The first-order chi connectivity index (χ1) is 9.83. The Hall–Kier alpha value is -1.14. The van der Waals surface area contributed by atoms with Gasteiger partial charge in [0, 0.05) is 14.5 Å². The van der Waals surface area contributed by atoms with E-state index < -0.39 is 12.0 Å². The molecule has 1 rings (SSSR count). The van der Waals surface area contributed by atoms with E-state index in [1.54, 1.807) is 12.1 Å². The van der Waals surface area contributed by atoms with Crippen molar-refractivity contribution in [1.82, 2.24) is 5.32 Å². The number of carbonyl (C=O) groups excluding carboxylic acids is 2. The van der Waals surface area contributed by atoms with Crippen molar-refractivity contribution in [2.75, 3.05) is 7.11 Å². The molecule has 1 aromatic rings. The van der Waals surface area contributed by atoms with Crippen LogP contribution in [-0.2, 0) is 9.53 Å². The maximum absolute atomic E-state index is 12.2. The van der Waals surface area contributed by atoms with E-state index in [2.05, 4.69) is 37.2 Å². The summed E-state index contributed by atoms with van der Waals surface area (Å²) in [5, 5.41) is 2.69.